The highest BCUT2D eigenvalue weighted by Gasteiger charge is 2.33. The van der Waals surface area contributed by atoms with Crippen molar-refractivity contribution in [3.8, 4) is 0 Å². The zero-order valence-corrected chi connectivity index (χ0v) is 9.10. The van der Waals surface area contributed by atoms with E-state index in [1.165, 1.54) is 13.1 Å². The number of nitrogens with one attached hydrogen (secondary N) is 1. The quantitative estimate of drug-likeness (QED) is 0.514. The van der Waals surface area contributed by atoms with Gasteiger partial charge in [0.15, 0.2) is 0 Å². The zero-order valence-electron chi connectivity index (χ0n) is 6.95. The molecule has 2 heteroatoms. The molecule has 1 N–H and O–H groups in total. The van der Waals surface area contributed by atoms with E-state index in [1.807, 2.05) is 0 Å². The van der Waals surface area contributed by atoms with Crippen molar-refractivity contribution in [2.24, 2.45) is 11.3 Å². The lowest BCUT2D eigenvalue weighted by molar-refractivity contribution is 0.271. The topological polar surface area (TPSA) is 12.0 Å². The minimum atomic E-state index is 0.482. The van der Waals surface area contributed by atoms with Crippen LogP contribution in [0.1, 0.15) is 20.8 Å². The fourth-order valence-electron chi connectivity index (χ4n) is 1.50. The van der Waals surface area contributed by atoms with Crippen molar-refractivity contribution in [3.63, 3.8) is 0 Å². The van der Waals surface area contributed by atoms with Gasteiger partial charge >= 0.3 is 0 Å². The maximum absolute atomic E-state index is 3.42. The maximum atomic E-state index is 3.42. The summed E-state index contributed by atoms with van der Waals surface area (Å²) >= 11 is 2.56. The summed E-state index contributed by atoms with van der Waals surface area (Å²) < 4.78 is 0.831. The van der Waals surface area contributed by atoms with Crippen molar-refractivity contribution in [2.75, 3.05) is 13.1 Å². The molecule has 1 saturated heterocycles. The van der Waals surface area contributed by atoms with Crippen LogP contribution in [0.2, 0.25) is 0 Å². The Labute approximate surface area is 77.1 Å². The van der Waals surface area contributed by atoms with Crippen molar-refractivity contribution < 1.29 is 0 Å². The number of hydrogen-bond donors (Lipinski definition) is 1. The zero-order chi connectivity index (χ0) is 7.78. The van der Waals surface area contributed by atoms with E-state index in [0.717, 1.165) is 9.84 Å². The molecule has 0 spiro atoms. The molecule has 2 unspecified atom stereocenters. The normalized spacial score (nSPS) is 34.8. The molecule has 0 radical (unpaired) electrons. The number of hydrogen-bond acceptors (Lipinski definition) is 1. The average Bonchev–Trinajstić information content (AvgIpc) is 2.11. The van der Waals surface area contributed by atoms with Crippen molar-refractivity contribution in [3.05, 3.63) is 0 Å². The van der Waals surface area contributed by atoms with Crippen LogP contribution in [0.4, 0.5) is 0 Å². The van der Waals surface area contributed by atoms with Crippen molar-refractivity contribution in [2.45, 2.75) is 24.7 Å². The Hall–Kier alpha value is 0.690. The summed E-state index contributed by atoms with van der Waals surface area (Å²) in [5.74, 6) is 0.855. The minimum absolute atomic E-state index is 0.482. The highest BCUT2D eigenvalue weighted by atomic mass is 127. The molecule has 1 rings (SSSR count). The maximum Gasteiger partial charge on any atom is 0.0280 e. The van der Waals surface area contributed by atoms with Gasteiger partial charge in [-0.1, -0.05) is 43.4 Å². The molecule has 0 aromatic rings. The van der Waals surface area contributed by atoms with E-state index < -0.39 is 0 Å². The molecule has 0 bridgehead atoms. The number of rotatable bonds is 0. The van der Waals surface area contributed by atoms with Crippen LogP contribution in [0.5, 0.6) is 0 Å². The van der Waals surface area contributed by atoms with Gasteiger partial charge < -0.3 is 5.32 Å². The second kappa shape index (κ2) is 2.97. The van der Waals surface area contributed by atoms with Gasteiger partial charge in [-0.05, 0) is 17.9 Å². The largest absolute Gasteiger partial charge is 0.315 e. The highest BCUT2D eigenvalue weighted by Crippen LogP contribution is 2.34. The molecule has 10 heavy (non-hydrogen) atoms. The van der Waals surface area contributed by atoms with Crippen LogP contribution in [0, 0.1) is 11.3 Å². The van der Waals surface area contributed by atoms with Gasteiger partial charge in [0.25, 0.3) is 0 Å². The van der Waals surface area contributed by atoms with Gasteiger partial charge in [0.1, 0.15) is 0 Å². The van der Waals surface area contributed by atoms with Gasteiger partial charge in [0.2, 0.25) is 0 Å². The Morgan fingerprint density at radius 1 is 1.30 bits per heavy atom. The van der Waals surface area contributed by atoms with Crippen LogP contribution in [0.3, 0.4) is 0 Å². The second-order valence-corrected chi connectivity index (χ2v) is 5.75. The van der Waals surface area contributed by atoms with Gasteiger partial charge in [-0.3, -0.25) is 0 Å². The Balaban J connectivity index is 2.55. The third-order valence-corrected chi connectivity index (χ3v) is 3.56. The summed E-state index contributed by atoms with van der Waals surface area (Å²) in [5, 5.41) is 3.42. The number of halogens is 1. The molecule has 0 aromatic carbocycles. The predicted molar refractivity (Wildman–Crippen MR) is 53.6 cm³/mol. The van der Waals surface area contributed by atoms with Crippen molar-refractivity contribution in [1.82, 2.24) is 5.32 Å². The first-order chi connectivity index (χ1) is 4.52. The lowest BCUT2D eigenvalue weighted by Gasteiger charge is -2.28. The Morgan fingerprint density at radius 2 is 1.90 bits per heavy atom. The molecule has 0 amide bonds. The molecule has 0 aliphatic carbocycles. The van der Waals surface area contributed by atoms with E-state index in [4.69, 9.17) is 0 Å². The SMILES string of the molecule is CC(C)(C)C1CNCC1I. The van der Waals surface area contributed by atoms with Crippen LogP contribution in [-0.2, 0) is 0 Å². The first-order valence-corrected chi connectivity index (χ1v) is 5.11. The molecule has 1 fully saturated rings. The molecule has 1 aliphatic heterocycles. The second-order valence-electron chi connectivity index (χ2n) is 4.15. The summed E-state index contributed by atoms with van der Waals surface area (Å²) in [7, 11) is 0. The van der Waals surface area contributed by atoms with Crippen molar-refractivity contribution >= 4 is 22.6 Å². The van der Waals surface area contributed by atoms with Crippen LogP contribution in [0.25, 0.3) is 0 Å². The van der Waals surface area contributed by atoms with Crippen molar-refractivity contribution in [1.29, 1.82) is 0 Å². The first-order valence-electron chi connectivity index (χ1n) is 3.86. The molecule has 1 aliphatic rings. The van der Waals surface area contributed by atoms with E-state index in [1.54, 1.807) is 0 Å². The Bertz CT molecular complexity index is 117. The van der Waals surface area contributed by atoms with E-state index in [2.05, 4.69) is 48.7 Å². The van der Waals surface area contributed by atoms with Gasteiger partial charge in [-0.15, -0.1) is 0 Å². The van der Waals surface area contributed by atoms with Gasteiger partial charge in [-0.2, -0.15) is 0 Å². The van der Waals surface area contributed by atoms with Crippen LogP contribution < -0.4 is 5.32 Å². The molecule has 1 nitrogen and oxygen atoms in total. The van der Waals surface area contributed by atoms with E-state index in [-0.39, 0.29) is 0 Å². The van der Waals surface area contributed by atoms with E-state index in [9.17, 15) is 0 Å². The fourth-order valence-corrected chi connectivity index (χ4v) is 3.14. The first kappa shape index (κ1) is 8.78. The Kier molecular flexibility index (Phi) is 2.61. The average molecular weight is 253 g/mol. The minimum Gasteiger partial charge on any atom is -0.315 e. The Morgan fingerprint density at radius 3 is 2.10 bits per heavy atom. The summed E-state index contributed by atoms with van der Waals surface area (Å²) in [6.45, 7) is 9.39. The summed E-state index contributed by atoms with van der Waals surface area (Å²) in [6.07, 6.45) is 0. The van der Waals surface area contributed by atoms with Crippen LogP contribution >= 0.6 is 22.6 Å². The summed E-state index contributed by atoms with van der Waals surface area (Å²) in [4.78, 5) is 0. The standard InChI is InChI=1S/C8H16IN/c1-8(2,3)6-4-10-5-7(6)9/h6-7,10H,4-5H2,1-3H3. The third kappa shape index (κ3) is 1.84. The van der Waals surface area contributed by atoms with Gasteiger partial charge in [0, 0.05) is 10.5 Å². The van der Waals surface area contributed by atoms with E-state index >= 15 is 0 Å². The monoisotopic (exact) mass is 253 g/mol. The molecular formula is C8H16IN. The van der Waals surface area contributed by atoms with E-state index in [0.29, 0.717) is 5.41 Å². The molecule has 1 heterocycles. The van der Waals surface area contributed by atoms with Crippen LogP contribution in [-0.4, -0.2) is 17.0 Å². The lowest BCUT2D eigenvalue weighted by atomic mass is 9.80. The highest BCUT2D eigenvalue weighted by molar-refractivity contribution is 14.1. The molecule has 2 atom stereocenters. The molecule has 0 aromatic heterocycles. The predicted octanol–water partition coefficient (Wildman–Crippen LogP) is 2.06. The fraction of sp³-hybridized carbons (Fsp3) is 1.00. The van der Waals surface area contributed by atoms with Gasteiger partial charge in [-0.25, -0.2) is 0 Å². The lowest BCUT2D eigenvalue weighted by Crippen LogP contribution is -2.27. The molecular weight excluding hydrogens is 237 g/mol. The molecule has 0 saturated carbocycles. The third-order valence-electron chi connectivity index (χ3n) is 2.25. The molecule has 60 valence electrons. The summed E-state index contributed by atoms with van der Waals surface area (Å²) in [5.41, 5.74) is 0.482. The summed E-state index contributed by atoms with van der Waals surface area (Å²) in [6, 6.07) is 0. The smallest absolute Gasteiger partial charge is 0.0280 e. The van der Waals surface area contributed by atoms with Gasteiger partial charge in [0.05, 0.1) is 0 Å². The van der Waals surface area contributed by atoms with Crippen LogP contribution in [0.15, 0.2) is 0 Å². The number of alkyl halides is 1.